The van der Waals surface area contributed by atoms with Crippen molar-refractivity contribution in [2.45, 2.75) is 71.6 Å². The molecule has 1 nitrogen and oxygen atoms in total. The molecule has 0 aromatic heterocycles. The zero-order chi connectivity index (χ0) is 13.7. The molecule has 0 N–H and O–H groups in total. The van der Waals surface area contributed by atoms with E-state index in [9.17, 15) is 0 Å². The van der Waals surface area contributed by atoms with Crippen LogP contribution >= 0.6 is 11.6 Å². The Labute approximate surface area is 120 Å². The summed E-state index contributed by atoms with van der Waals surface area (Å²) in [5.41, 5.74) is 0. The molecule has 1 unspecified atom stereocenters. The molecule has 1 atom stereocenters. The highest BCUT2D eigenvalue weighted by Gasteiger charge is 2.19. The van der Waals surface area contributed by atoms with Gasteiger partial charge in [0.15, 0.2) is 0 Å². The molecule has 0 heterocycles. The van der Waals surface area contributed by atoms with E-state index >= 15 is 0 Å². The van der Waals surface area contributed by atoms with Crippen molar-refractivity contribution in [1.82, 2.24) is 0 Å². The number of unbranched alkanes of at least 4 members (excludes halogenated alkanes) is 7. The van der Waals surface area contributed by atoms with Crippen LogP contribution in [0, 0.1) is 0 Å². The van der Waals surface area contributed by atoms with E-state index in [1.165, 1.54) is 75.4 Å². The van der Waals surface area contributed by atoms with E-state index in [4.69, 9.17) is 11.6 Å². The molecule has 0 saturated carbocycles. The lowest BCUT2D eigenvalue weighted by Crippen LogP contribution is -2.46. The maximum atomic E-state index is 5.96. The number of hydrogen-bond acceptors (Lipinski definition) is 0. The molecule has 0 aromatic carbocycles. The average Bonchev–Trinajstić information content (AvgIpc) is 2.34. The van der Waals surface area contributed by atoms with Crippen LogP contribution in [0.3, 0.4) is 0 Å². The molecule has 0 aliphatic heterocycles. The van der Waals surface area contributed by atoms with Gasteiger partial charge in [0.2, 0.25) is 0 Å². The Kier molecular flexibility index (Phi) is 12.5. The van der Waals surface area contributed by atoms with E-state index in [-0.39, 0.29) is 0 Å². The van der Waals surface area contributed by atoms with Gasteiger partial charge in [0.25, 0.3) is 0 Å². The van der Waals surface area contributed by atoms with Crippen LogP contribution in [-0.4, -0.2) is 37.0 Å². The third-order valence-corrected chi connectivity index (χ3v) is 4.15. The molecule has 110 valence electrons. The minimum atomic E-state index is 0.804. The molecule has 0 rings (SSSR count). The van der Waals surface area contributed by atoms with Crippen molar-refractivity contribution >= 4 is 11.6 Å². The molecule has 2 heteroatoms. The third kappa shape index (κ3) is 10.2. The Morgan fingerprint density at radius 1 is 0.667 bits per heavy atom. The van der Waals surface area contributed by atoms with Crippen LogP contribution in [0.2, 0.25) is 0 Å². The SMILES string of the molecule is CCCCCCCC[N+](C)(CCCl)CCCCC. The molecule has 0 saturated heterocycles. The Hall–Kier alpha value is 0.250. The van der Waals surface area contributed by atoms with Gasteiger partial charge >= 0.3 is 0 Å². The number of alkyl halides is 1. The molecule has 0 aromatic rings. The average molecular weight is 277 g/mol. The van der Waals surface area contributed by atoms with Gasteiger partial charge in [-0.15, -0.1) is 11.6 Å². The normalized spacial score (nSPS) is 14.7. The summed E-state index contributed by atoms with van der Waals surface area (Å²) in [6, 6.07) is 0. The molecule has 0 radical (unpaired) electrons. The first kappa shape index (κ1) is 18.2. The second-order valence-electron chi connectivity index (χ2n) is 5.95. The summed E-state index contributed by atoms with van der Waals surface area (Å²) in [6.45, 7) is 8.33. The highest BCUT2D eigenvalue weighted by Crippen LogP contribution is 2.12. The van der Waals surface area contributed by atoms with Gasteiger partial charge in [-0.25, -0.2) is 0 Å². The predicted molar refractivity (Wildman–Crippen MR) is 84.4 cm³/mol. The van der Waals surface area contributed by atoms with E-state index in [0.29, 0.717) is 0 Å². The van der Waals surface area contributed by atoms with Crippen LogP contribution in [0.1, 0.15) is 71.6 Å². The standard InChI is InChI=1S/C16H35ClN/c1-4-6-8-9-10-12-15-18(3,16-13-17)14-11-7-5-2/h4-16H2,1-3H3/q+1. The number of nitrogens with zero attached hydrogens (tertiary/aromatic N) is 1. The fraction of sp³-hybridized carbons (Fsp3) is 1.00. The summed E-state index contributed by atoms with van der Waals surface area (Å²) < 4.78 is 1.19. The summed E-state index contributed by atoms with van der Waals surface area (Å²) in [4.78, 5) is 0. The van der Waals surface area contributed by atoms with E-state index in [0.717, 1.165) is 12.4 Å². The molecule has 0 aliphatic carbocycles. The van der Waals surface area contributed by atoms with Crippen molar-refractivity contribution in [1.29, 1.82) is 0 Å². The first-order valence-electron chi connectivity index (χ1n) is 8.08. The lowest BCUT2D eigenvalue weighted by molar-refractivity contribution is -0.907. The molecule has 18 heavy (non-hydrogen) atoms. The van der Waals surface area contributed by atoms with Gasteiger partial charge < -0.3 is 4.48 Å². The zero-order valence-corrected chi connectivity index (χ0v) is 13.8. The molecule has 0 amide bonds. The summed E-state index contributed by atoms with van der Waals surface area (Å²) in [5.74, 6) is 0.804. The van der Waals surface area contributed by atoms with Crippen LogP contribution in [0.25, 0.3) is 0 Å². The Morgan fingerprint density at radius 2 is 1.11 bits per heavy atom. The predicted octanol–water partition coefficient (Wildman–Crippen LogP) is 5.22. The Bertz CT molecular complexity index is 172. The molecular formula is C16H35ClN+. The molecule has 0 bridgehead atoms. The Balaban J connectivity index is 3.72. The maximum absolute atomic E-state index is 5.96. The van der Waals surface area contributed by atoms with Gasteiger partial charge in [-0.2, -0.15) is 0 Å². The fourth-order valence-electron chi connectivity index (χ4n) is 2.56. The monoisotopic (exact) mass is 276 g/mol. The number of rotatable bonds is 13. The highest BCUT2D eigenvalue weighted by atomic mass is 35.5. The van der Waals surface area contributed by atoms with Crippen molar-refractivity contribution in [3.05, 3.63) is 0 Å². The van der Waals surface area contributed by atoms with Crippen LogP contribution in [-0.2, 0) is 0 Å². The molecule has 0 spiro atoms. The van der Waals surface area contributed by atoms with Crippen LogP contribution < -0.4 is 0 Å². The van der Waals surface area contributed by atoms with Crippen molar-refractivity contribution in [3.63, 3.8) is 0 Å². The molecular weight excluding hydrogens is 242 g/mol. The summed E-state index contributed by atoms with van der Waals surface area (Å²) in [5, 5.41) is 0. The van der Waals surface area contributed by atoms with Gasteiger partial charge in [0.05, 0.1) is 32.6 Å². The van der Waals surface area contributed by atoms with Crippen LogP contribution in [0.4, 0.5) is 0 Å². The van der Waals surface area contributed by atoms with Gasteiger partial charge in [-0.1, -0.05) is 46.0 Å². The number of quaternary nitrogens is 1. The van der Waals surface area contributed by atoms with Crippen molar-refractivity contribution in [2.24, 2.45) is 0 Å². The second-order valence-corrected chi connectivity index (χ2v) is 6.33. The lowest BCUT2D eigenvalue weighted by Gasteiger charge is -2.34. The van der Waals surface area contributed by atoms with Crippen LogP contribution in [0.5, 0.6) is 0 Å². The zero-order valence-electron chi connectivity index (χ0n) is 13.0. The van der Waals surface area contributed by atoms with Gasteiger partial charge in [-0.3, -0.25) is 0 Å². The molecule has 0 aliphatic rings. The van der Waals surface area contributed by atoms with E-state index < -0.39 is 0 Å². The number of halogens is 1. The van der Waals surface area contributed by atoms with Crippen molar-refractivity contribution in [3.8, 4) is 0 Å². The van der Waals surface area contributed by atoms with Gasteiger partial charge in [0, 0.05) is 0 Å². The van der Waals surface area contributed by atoms with E-state index in [2.05, 4.69) is 20.9 Å². The smallest absolute Gasteiger partial charge is 0.0922 e. The maximum Gasteiger partial charge on any atom is 0.0922 e. The van der Waals surface area contributed by atoms with Crippen LogP contribution in [0.15, 0.2) is 0 Å². The molecule has 0 fully saturated rings. The lowest BCUT2D eigenvalue weighted by atomic mass is 10.1. The number of hydrogen-bond donors (Lipinski definition) is 0. The third-order valence-electron chi connectivity index (χ3n) is 3.98. The topological polar surface area (TPSA) is 0 Å². The minimum Gasteiger partial charge on any atom is -0.325 e. The highest BCUT2D eigenvalue weighted by molar-refractivity contribution is 6.17. The first-order chi connectivity index (χ1) is 8.68. The van der Waals surface area contributed by atoms with E-state index in [1.807, 2.05) is 0 Å². The van der Waals surface area contributed by atoms with E-state index in [1.54, 1.807) is 0 Å². The summed E-state index contributed by atoms with van der Waals surface area (Å²) in [7, 11) is 2.39. The summed E-state index contributed by atoms with van der Waals surface area (Å²) in [6.07, 6.45) is 12.4. The van der Waals surface area contributed by atoms with Gasteiger partial charge in [-0.05, 0) is 25.7 Å². The first-order valence-corrected chi connectivity index (χ1v) is 8.61. The minimum absolute atomic E-state index is 0.804. The van der Waals surface area contributed by atoms with Gasteiger partial charge in [0.1, 0.15) is 0 Å². The second kappa shape index (κ2) is 12.3. The van der Waals surface area contributed by atoms with Crippen molar-refractivity contribution in [2.75, 3.05) is 32.6 Å². The quantitative estimate of drug-likeness (QED) is 0.246. The fourth-order valence-corrected chi connectivity index (χ4v) is 2.96. The Morgan fingerprint density at radius 3 is 1.67 bits per heavy atom. The summed E-state index contributed by atoms with van der Waals surface area (Å²) >= 11 is 5.96. The largest absolute Gasteiger partial charge is 0.325 e. The van der Waals surface area contributed by atoms with Crippen molar-refractivity contribution < 1.29 is 4.48 Å².